The van der Waals surface area contributed by atoms with E-state index in [0.717, 1.165) is 12.8 Å². The molecule has 2 fully saturated rings. The van der Waals surface area contributed by atoms with Gasteiger partial charge in [0.2, 0.25) is 0 Å². The van der Waals surface area contributed by atoms with Crippen LogP contribution in [0.5, 0.6) is 0 Å². The highest BCUT2D eigenvalue weighted by Gasteiger charge is 2.50. The molecule has 2 aliphatic rings. The van der Waals surface area contributed by atoms with Crippen LogP contribution >= 0.6 is 23.4 Å². The number of hydrogen-bond donors (Lipinski definition) is 4. The van der Waals surface area contributed by atoms with Gasteiger partial charge < -0.3 is 40.6 Å². The highest BCUT2D eigenvalue weighted by molar-refractivity contribution is 7.99. The van der Waals surface area contributed by atoms with E-state index in [2.05, 4.69) is 25.5 Å². The number of aromatic nitrogens is 2. The maximum atomic E-state index is 12.5. The number of piperidine rings is 1. The minimum atomic E-state index is -1.16. The predicted molar refractivity (Wildman–Crippen MR) is 160 cm³/mol. The van der Waals surface area contributed by atoms with Gasteiger partial charge in [0, 0.05) is 29.8 Å². The number of hydrogen-bond acceptors (Lipinski definition) is 11. The Morgan fingerprint density at radius 2 is 2.07 bits per heavy atom. The molecule has 1 aromatic heterocycles. The number of halogens is 1. The predicted octanol–water partition coefficient (Wildman–Crippen LogP) is 4.22. The molecular formula is C28H37ClN6O6S. The van der Waals surface area contributed by atoms with E-state index in [4.69, 9.17) is 26.8 Å². The molecular weight excluding hydrogens is 584 g/mol. The van der Waals surface area contributed by atoms with Crippen molar-refractivity contribution in [1.82, 2.24) is 15.3 Å². The number of carboxylic acid groups (broad SMARTS) is 1. The van der Waals surface area contributed by atoms with E-state index in [-0.39, 0.29) is 34.8 Å². The summed E-state index contributed by atoms with van der Waals surface area (Å²) in [6.07, 6.45) is 3.01. The fourth-order valence-corrected chi connectivity index (χ4v) is 6.35. The zero-order valence-electron chi connectivity index (χ0n) is 24.1. The minimum Gasteiger partial charge on any atom is -0.480 e. The first kappa shape index (κ1) is 31.6. The van der Waals surface area contributed by atoms with Gasteiger partial charge in [0.05, 0.1) is 35.7 Å². The van der Waals surface area contributed by atoms with Crippen LogP contribution in [0.4, 0.5) is 22.1 Å². The lowest BCUT2D eigenvalue weighted by Gasteiger charge is -2.43. The number of anilines is 3. The quantitative estimate of drug-likeness (QED) is 0.295. The maximum absolute atomic E-state index is 12.5. The van der Waals surface area contributed by atoms with Gasteiger partial charge >= 0.3 is 12.1 Å². The van der Waals surface area contributed by atoms with Gasteiger partial charge in [-0.1, -0.05) is 29.4 Å². The minimum absolute atomic E-state index is 0.128. The average Bonchev–Trinajstić information content (AvgIpc) is 3.20. The molecule has 5 N–H and O–H groups in total. The molecule has 42 heavy (non-hydrogen) atoms. The molecule has 228 valence electrons. The zero-order chi connectivity index (χ0) is 30.7. The summed E-state index contributed by atoms with van der Waals surface area (Å²) in [6.45, 7) is 9.42. The van der Waals surface area contributed by atoms with Crippen molar-refractivity contribution in [3.63, 3.8) is 0 Å². The fourth-order valence-electron chi connectivity index (χ4n) is 5.25. The van der Waals surface area contributed by atoms with E-state index in [1.807, 2.05) is 27.7 Å². The van der Waals surface area contributed by atoms with E-state index in [9.17, 15) is 19.5 Å². The Bertz CT molecular complexity index is 1320. The van der Waals surface area contributed by atoms with E-state index < -0.39 is 23.7 Å². The number of carboxylic acids is 1. The molecule has 3 atom stereocenters. The van der Waals surface area contributed by atoms with Crippen LogP contribution in [-0.4, -0.2) is 76.9 Å². The van der Waals surface area contributed by atoms with Gasteiger partial charge in [-0.2, -0.15) is 0 Å². The fraction of sp³-hybridized carbons (Fsp3) is 0.536. The van der Waals surface area contributed by atoms with Gasteiger partial charge in [0.1, 0.15) is 28.8 Å². The first-order chi connectivity index (χ1) is 19.8. The van der Waals surface area contributed by atoms with Gasteiger partial charge in [0.25, 0.3) is 0 Å². The third-order valence-corrected chi connectivity index (χ3v) is 8.99. The molecule has 14 heteroatoms. The summed E-state index contributed by atoms with van der Waals surface area (Å²) < 4.78 is 11.5. The van der Waals surface area contributed by atoms with Crippen LogP contribution in [-0.2, 0) is 19.1 Å². The Morgan fingerprint density at radius 3 is 2.69 bits per heavy atom. The standard InChI is InChI=1S/C28H37ClN6O6S/c1-16-22(34-26(39)41-27(2,3)4)28(15-40-16)9-11-35(12-10-28)20-14-31-24(23(30)33-20)42-19-7-5-6-17(21(19)29)32-18(8-13-36)25(37)38/h5-7,13-14,16,18,22,32H,8-12,15H2,1-4H3,(H2,30,33)(H,34,39)(H,37,38)/t16-,18?,22+/m0/s1. The van der Waals surface area contributed by atoms with Crippen molar-refractivity contribution in [2.75, 3.05) is 35.6 Å². The van der Waals surface area contributed by atoms with Crippen molar-refractivity contribution >= 4 is 59.0 Å². The molecule has 2 aromatic rings. The van der Waals surface area contributed by atoms with Crippen molar-refractivity contribution in [3.05, 3.63) is 29.4 Å². The molecule has 1 spiro atoms. The Kier molecular flexibility index (Phi) is 9.74. The van der Waals surface area contributed by atoms with Crippen LogP contribution < -0.4 is 21.3 Å². The van der Waals surface area contributed by atoms with Gasteiger partial charge in [-0.3, -0.25) is 0 Å². The number of nitrogens with one attached hydrogen (secondary N) is 2. The monoisotopic (exact) mass is 620 g/mol. The number of nitrogens with zero attached hydrogens (tertiary/aromatic N) is 3. The second-order valence-corrected chi connectivity index (χ2v) is 13.0. The molecule has 0 bridgehead atoms. The normalized spacial score (nSPS) is 20.6. The number of alkyl carbamates (subject to hydrolysis) is 1. The Morgan fingerprint density at radius 1 is 1.36 bits per heavy atom. The zero-order valence-corrected chi connectivity index (χ0v) is 25.6. The van der Waals surface area contributed by atoms with Gasteiger partial charge in [-0.15, -0.1) is 0 Å². The Balaban J connectivity index is 1.41. The van der Waals surface area contributed by atoms with Crippen LogP contribution in [0.15, 0.2) is 34.3 Å². The third-order valence-electron chi connectivity index (χ3n) is 7.40. The van der Waals surface area contributed by atoms with E-state index in [1.165, 1.54) is 11.8 Å². The molecule has 3 heterocycles. The number of nitrogen functional groups attached to an aromatic ring is 1. The highest BCUT2D eigenvalue weighted by Crippen LogP contribution is 2.43. The van der Waals surface area contributed by atoms with Crippen molar-refractivity contribution in [1.29, 1.82) is 0 Å². The number of benzene rings is 1. The first-order valence-corrected chi connectivity index (χ1v) is 14.9. The number of amides is 1. The number of aliphatic carboxylic acids is 1. The van der Waals surface area contributed by atoms with Gasteiger partial charge in [-0.25, -0.2) is 19.6 Å². The lowest BCUT2D eigenvalue weighted by atomic mass is 9.73. The number of rotatable bonds is 9. The summed E-state index contributed by atoms with van der Waals surface area (Å²) >= 11 is 7.76. The maximum Gasteiger partial charge on any atom is 0.407 e. The molecule has 1 aromatic carbocycles. The van der Waals surface area contributed by atoms with Gasteiger partial charge in [0.15, 0.2) is 5.82 Å². The van der Waals surface area contributed by atoms with Crippen LogP contribution in [0.3, 0.4) is 0 Å². The van der Waals surface area contributed by atoms with Crippen molar-refractivity contribution < 1.29 is 29.0 Å². The molecule has 4 rings (SSSR count). The number of carbonyl (C=O) groups excluding carboxylic acids is 2. The Labute approximate surface area is 254 Å². The second kappa shape index (κ2) is 12.9. The lowest BCUT2D eigenvalue weighted by Crippen LogP contribution is -2.55. The van der Waals surface area contributed by atoms with Crippen LogP contribution in [0.25, 0.3) is 0 Å². The topological polar surface area (TPSA) is 169 Å². The van der Waals surface area contributed by atoms with E-state index in [1.54, 1.807) is 24.4 Å². The molecule has 0 radical (unpaired) electrons. The average molecular weight is 621 g/mol. The SMILES string of the molecule is C[C@@H]1OCC2(CCN(c3cnc(Sc4cccc(NC(CC=O)C(=O)O)c4Cl)c(N)n3)CC2)[C@@H]1NC(=O)OC(C)(C)C. The highest BCUT2D eigenvalue weighted by atomic mass is 35.5. The number of aldehydes is 1. The molecule has 2 aliphatic heterocycles. The number of carbonyl (C=O) groups is 3. The smallest absolute Gasteiger partial charge is 0.407 e. The molecule has 0 saturated carbocycles. The van der Waals surface area contributed by atoms with E-state index in [0.29, 0.717) is 47.4 Å². The Hall–Kier alpha value is -3.29. The summed E-state index contributed by atoms with van der Waals surface area (Å²) in [7, 11) is 0. The van der Waals surface area contributed by atoms with Crippen molar-refractivity contribution in [2.45, 2.75) is 80.7 Å². The van der Waals surface area contributed by atoms with Crippen molar-refractivity contribution in [3.8, 4) is 0 Å². The number of nitrogens with two attached hydrogens (primary N) is 1. The van der Waals surface area contributed by atoms with Crippen LogP contribution in [0.2, 0.25) is 5.02 Å². The summed E-state index contributed by atoms with van der Waals surface area (Å²) in [5.74, 6) is -0.274. The summed E-state index contributed by atoms with van der Waals surface area (Å²) in [5.41, 5.74) is 5.90. The van der Waals surface area contributed by atoms with E-state index >= 15 is 0 Å². The van der Waals surface area contributed by atoms with Gasteiger partial charge in [-0.05, 0) is 52.7 Å². The first-order valence-electron chi connectivity index (χ1n) is 13.7. The van der Waals surface area contributed by atoms with Crippen LogP contribution in [0.1, 0.15) is 47.0 Å². The summed E-state index contributed by atoms with van der Waals surface area (Å²) in [5, 5.41) is 15.9. The lowest BCUT2D eigenvalue weighted by molar-refractivity contribution is -0.138. The molecule has 2 saturated heterocycles. The molecule has 1 unspecified atom stereocenters. The summed E-state index contributed by atoms with van der Waals surface area (Å²) in [4.78, 5) is 46.7. The van der Waals surface area contributed by atoms with Crippen LogP contribution in [0, 0.1) is 5.41 Å². The molecule has 1 amide bonds. The van der Waals surface area contributed by atoms with Crippen molar-refractivity contribution in [2.24, 2.45) is 5.41 Å². The second-order valence-electron chi connectivity index (χ2n) is 11.6. The summed E-state index contributed by atoms with van der Waals surface area (Å²) in [6, 6.07) is 3.85. The molecule has 0 aliphatic carbocycles. The largest absolute Gasteiger partial charge is 0.480 e. The third kappa shape index (κ3) is 7.37. The molecule has 12 nitrogen and oxygen atoms in total. The number of ether oxygens (including phenoxy) is 2.